The minimum Gasteiger partial charge on any atom is -0.392 e. The molecule has 1 aromatic carbocycles. The van der Waals surface area contributed by atoms with Crippen LogP contribution in [0.1, 0.15) is 43.8 Å². The van der Waals surface area contributed by atoms with Gasteiger partial charge in [0.1, 0.15) is 0 Å². The van der Waals surface area contributed by atoms with E-state index < -0.39 is 11.0 Å². The Labute approximate surface area is 124 Å². The summed E-state index contributed by atoms with van der Waals surface area (Å²) in [6.07, 6.45) is 3.88. The lowest BCUT2D eigenvalue weighted by molar-refractivity contribution is -0.384. The van der Waals surface area contributed by atoms with Crippen LogP contribution in [0.15, 0.2) is 24.3 Å². The molecule has 0 bridgehead atoms. The van der Waals surface area contributed by atoms with Crippen LogP contribution in [0.5, 0.6) is 0 Å². The van der Waals surface area contributed by atoms with Gasteiger partial charge >= 0.3 is 0 Å². The molecule has 1 aliphatic rings. The minimum absolute atomic E-state index is 0.0121. The average molecular weight is 294 g/mol. The van der Waals surface area contributed by atoms with Gasteiger partial charge in [-0.3, -0.25) is 10.1 Å². The second kappa shape index (κ2) is 7.49. The number of non-ortho nitro benzene ring substituents is 1. The molecule has 3 N–H and O–H groups in total. The van der Waals surface area contributed by atoms with Gasteiger partial charge in [-0.15, -0.1) is 0 Å². The number of aliphatic hydroxyl groups excluding tert-OH is 2. The molecule has 1 aromatic rings. The van der Waals surface area contributed by atoms with Crippen molar-refractivity contribution in [2.24, 2.45) is 0 Å². The molecule has 0 spiro atoms. The standard InChI is InChI=1S/C15H22N2O4/c18-14-5-3-1-2-4-13(14)16-10-15(19)11-6-8-12(9-7-11)17(20)21/h6-9,13-16,18-19H,1-5,10H2. The van der Waals surface area contributed by atoms with E-state index in [9.17, 15) is 20.3 Å². The number of benzene rings is 1. The summed E-state index contributed by atoms with van der Waals surface area (Å²) in [5, 5.41) is 33.9. The van der Waals surface area contributed by atoms with Crippen molar-refractivity contribution in [2.75, 3.05) is 6.54 Å². The number of nitro groups is 1. The van der Waals surface area contributed by atoms with Crippen molar-refractivity contribution in [1.82, 2.24) is 5.32 Å². The van der Waals surface area contributed by atoms with Gasteiger partial charge < -0.3 is 15.5 Å². The molecule has 21 heavy (non-hydrogen) atoms. The van der Waals surface area contributed by atoms with Gasteiger partial charge in [0.05, 0.1) is 17.1 Å². The molecule has 3 unspecified atom stereocenters. The van der Waals surface area contributed by atoms with Gasteiger partial charge in [0.2, 0.25) is 0 Å². The minimum atomic E-state index is -0.735. The van der Waals surface area contributed by atoms with Crippen LogP contribution in [-0.4, -0.2) is 33.8 Å². The monoisotopic (exact) mass is 294 g/mol. The van der Waals surface area contributed by atoms with E-state index in [1.165, 1.54) is 12.1 Å². The predicted octanol–water partition coefficient (Wildman–Crippen LogP) is 1.91. The summed E-state index contributed by atoms with van der Waals surface area (Å²) in [5.74, 6) is 0. The summed E-state index contributed by atoms with van der Waals surface area (Å²) in [4.78, 5) is 10.1. The van der Waals surface area contributed by atoms with Gasteiger partial charge in [-0.05, 0) is 30.5 Å². The molecule has 3 atom stereocenters. The van der Waals surface area contributed by atoms with E-state index in [-0.39, 0.29) is 17.8 Å². The molecule has 6 nitrogen and oxygen atoms in total. The molecule has 1 aliphatic carbocycles. The van der Waals surface area contributed by atoms with Crippen molar-refractivity contribution in [3.63, 3.8) is 0 Å². The Morgan fingerprint density at radius 2 is 1.90 bits per heavy atom. The fraction of sp³-hybridized carbons (Fsp3) is 0.600. The molecule has 6 heteroatoms. The zero-order valence-electron chi connectivity index (χ0n) is 11.9. The van der Waals surface area contributed by atoms with Gasteiger partial charge in [-0.2, -0.15) is 0 Å². The molecule has 0 aromatic heterocycles. The third-order valence-corrected chi connectivity index (χ3v) is 4.04. The smallest absolute Gasteiger partial charge is 0.269 e. The molecule has 1 fully saturated rings. The van der Waals surface area contributed by atoms with Crippen LogP contribution >= 0.6 is 0 Å². The first-order valence-corrected chi connectivity index (χ1v) is 7.42. The Hall–Kier alpha value is -1.50. The second-order valence-electron chi connectivity index (χ2n) is 5.58. The Balaban J connectivity index is 1.88. The lowest BCUT2D eigenvalue weighted by Crippen LogP contribution is -2.41. The lowest BCUT2D eigenvalue weighted by atomic mass is 10.0. The summed E-state index contributed by atoms with van der Waals surface area (Å²) in [6, 6.07) is 5.92. The molecule has 0 heterocycles. The maximum Gasteiger partial charge on any atom is 0.269 e. The fourth-order valence-corrected chi connectivity index (χ4v) is 2.73. The van der Waals surface area contributed by atoms with Gasteiger partial charge in [0.15, 0.2) is 0 Å². The van der Waals surface area contributed by atoms with Crippen LogP contribution in [0.4, 0.5) is 5.69 Å². The molecule has 0 amide bonds. The van der Waals surface area contributed by atoms with Crippen LogP contribution in [0.2, 0.25) is 0 Å². The van der Waals surface area contributed by atoms with Crippen LogP contribution in [0, 0.1) is 10.1 Å². The molecule has 0 aliphatic heterocycles. The zero-order valence-corrected chi connectivity index (χ0v) is 11.9. The van der Waals surface area contributed by atoms with E-state index in [4.69, 9.17) is 0 Å². The molecule has 2 rings (SSSR count). The number of nitro benzene ring substituents is 1. The van der Waals surface area contributed by atoms with E-state index >= 15 is 0 Å². The van der Waals surface area contributed by atoms with E-state index in [1.807, 2.05) is 0 Å². The van der Waals surface area contributed by atoms with Crippen LogP contribution < -0.4 is 5.32 Å². The van der Waals surface area contributed by atoms with Gasteiger partial charge in [-0.25, -0.2) is 0 Å². The molecular formula is C15H22N2O4. The Morgan fingerprint density at radius 1 is 1.24 bits per heavy atom. The molecule has 0 saturated heterocycles. The van der Waals surface area contributed by atoms with Crippen molar-refractivity contribution in [2.45, 2.75) is 50.4 Å². The maximum absolute atomic E-state index is 10.6. The third-order valence-electron chi connectivity index (χ3n) is 4.04. The van der Waals surface area contributed by atoms with Gasteiger partial charge in [0, 0.05) is 24.7 Å². The van der Waals surface area contributed by atoms with Crippen molar-refractivity contribution in [3.8, 4) is 0 Å². The number of hydrogen-bond donors (Lipinski definition) is 3. The second-order valence-corrected chi connectivity index (χ2v) is 5.58. The largest absolute Gasteiger partial charge is 0.392 e. The Kier molecular flexibility index (Phi) is 5.67. The normalized spacial score (nSPS) is 24.3. The topological polar surface area (TPSA) is 95.6 Å². The SMILES string of the molecule is O=[N+]([O-])c1ccc(C(O)CNC2CCCCCC2O)cc1. The Bertz CT molecular complexity index is 463. The van der Waals surface area contributed by atoms with Crippen LogP contribution in [0.25, 0.3) is 0 Å². The molecule has 116 valence electrons. The Morgan fingerprint density at radius 3 is 2.57 bits per heavy atom. The van der Waals surface area contributed by atoms with E-state index in [0.717, 1.165) is 32.1 Å². The average Bonchev–Trinajstić information content (AvgIpc) is 2.69. The number of aliphatic hydroxyl groups is 2. The number of nitrogens with zero attached hydrogens (tertiary/aromatic N) is 1. The summed E-state index contributed by atoms with van der Waals surface area (Å²) in [6.45, 7) is 0.333. The zero-order chi connectivity index (χ0) is 15.2. The van der Waals surface area contributed by atoms with Crippen molar-refractivity contribution >= 4 is 5.69 Å². The number of rotatable bonds is 5. The highest BCUT2D eigenvalue weighted by atomic mass is 16.6. The first-order chi connectivity index (χ1) is 10.1. The lowest BCUT2D eigenvalue weighted by Gasteiger charge is -2.23. The quantitative estimate of drug-likeness (QED) is 0.438. The highest BCUT2D eigenvalue weighted by Crippen LogP contribution is 2.20. The summed E-state index contributed by atoms with van der Waals surface area (Å²) in [5.41, 5.74) is 0.648. The first kappa shape index (κ1) is 15.9. The first-order valence-electron chi connectivity index (χ1n) is 7.42. The number of hydrogen-bond acceptors (Lipinski definition) is 5. The summed E-state index contributed by atoms with van der Waals surface area (Å²) >= 11 is 0. The van der Waals surface area contributed by atoms with Crippen molar-refractivity contribution < 1.29 is 15.1 Å². The van der Waals surface area contributed by atoms with E-state index in [2.05, 4.69) is 5.32 Å². The van der Waals surface area contributed by atoms with Crippen molar-refractivity contribution in [3.05, 3.63) is 39.9 Å². The summed E-state index contributed by atoms with van der Waals surface area (Å²) < 4.78 is 0. The van der Waals surface area contributed by atoms with Crippen LogP contribution in [0.3, 0.4) is 0 Å². The highest BCUT2D eigenvalue weighted by molar-refractivity contribution is 5.33. The molecule has 0 radical (unpaired) electrons. The number of nitrogens with one attached hydrogen (secondary N) is 1. The third kappa shape index (κ3) is 4.49. The summed E-state index contributed by atoms with van der Waals surface area (Å²) in [7, 11) is 0. The molecular weight excluding hydrogens is 272 g/mol. The van der Waals surface area contributed by atoms with Crippen LogP contribution in [-0.2, 0) is 0 Å². The molecule has 1 saturated carbocycles. The maximum atomic E-state index is 10.6. The highest BCUT2D eigenvalue weighted by Gasteiger charge is 2.22. The fourth-order valence-electron chi connectivity index (χ4n) is 2.73. The van der Waals surface area contributed by atoms with Gasteiger partial charge in [-0.1, -0.05) is 19.3 Å². The van der Waals surface area contributed by atoms with Gasteiger partial charge in [0.25, 0.3) is 5.69 Å². The van der Waals surface area contributed by atoms with E-state index in [1.54, 1.807) is 12.1 Å². The van der Waals surface area contributed by atoms with E-state index in [0.29, 0.717) is 12.1 Å². The predicted molar refractivity (Wildman–Crippen MR) is 78.9 cm³/mol. The van der Waals surface area contributed by atoms with Crippen molar-refractivity contribution in [1.29, 1.82) is 0 Å².